The highest BCUT2D eigenvalue weighted by atomic mass is 32.1. The van der Waals surface area contributed by atoms with E-state index in [1.165, 1.54) is 0 Å². The lowest BCUT2D eigenvalue weighted by Gasteiger charge is -2.16. The van der Waals surface area contributed by atoms with Gasteiger partial charge in [0.25, 0.3) is 0 Å². The highest BCUT2D eigenvalue weighted by Crippen LogP contribution is 2.20. The molecule has 23 heavy (non-hydrogen) atoms. The minimum absolute atomic E-state index is 0.0771. The number of amides is 2. The molecule has 1 atom stereocenters. The fraction of sp³-hybridized carbons (Fsp3) is 0.438. The quantitative estimate of drug-likeness (QED) is 0.851. The van der Waals surface area contributed by atoms with Crippen LogP contribution >= 0.6 is 11.3 Å². The minimum Gasteiger partial charge on any atom is -0.481 e. The van der Waals surface area contributed by atoms with Gasteiger partial charge in [0, 0.05) is 28.9 Å². The van der Waals surface area contributed by atoms with Crippen LogP contribution in [0.5, 0.6) is 5.88 Å². The number of urea groups is 1. The van der Waals surface area contributed by atoms with Crippen LogP contribution < -0.4 is 15.4 Å². The van der Waals surface area contributed by atoms with E-state index >= 15 is 0 Å². The lowest BCUT2D eigenvalue weighted by Crippen LogP contribution is -2.37. The van der Waals surface area contributed by atoms with Gasteiger partial charge in [-0.3, -0.25) is 0 Å². The highest BCUT2D eigenvalue weighted by Gasteiger charge is 2.16. The van der Waals surface area contributed by atoms with Crippen LogP contribution in [-0.2, 0) is 6.54 Å². The Bertz CT molecular complexity index is 672. The molecular formula is C16H22N4O2S. The molecule has 0 aliphatic rings. The second-order valence-electron chi connectivity index (χ2n) is 5.24. The van der Waals surface area contributed by atoms with Crippen molar-refractivity contribution in [3.05, 3.63) is 39.5 Å². The fourth-order valence-electron chi connectivity index (χ4n) is 2.13. The topological polar surface area (TPSA) is 76.1 Å². The number of carbonyl (C=O) groups is 1. The van der Waals surface area contributed by atoms with E-state index in [0.29, 0.717) is 12.4 Å². The lowest BCUT2D eigenvalue weighted by molar-refractivity contribution is 0.236. The summed E-state index contributed by atoms with van der Waals surface area (Å²) < 4.78 is 5.24. The summed E-state index contributed by atoms with van der Waals surface area (Å²) in [5, 5.41) is 8.71. The molecule has 0 unspecified atom stereocenters. The third-order valence-electron chi connectivity index (χ3n) is 3.36. The molecule has 2 aromatic rings. The lowest BCUT2D eigenvalue weighted by atomic mass is 10.2. The number of hydrogen-bond acceptors (Lipinski definition) is 5. The Morgan fingerprint density at radius 2 is 2.09 bits per heavy atom. The molecule has 7 heteroatoms. The molecular weight excluding hydrogens is 312 g/mol. The van der Waals surface area contributed by atoms with Gasteiger partial charge < -0.3 is 15.4 Å². The van der Waals surface area contributed by atoms with Gasteiger partial charge in [-0.25, -0.2) is 14.8 Å². The molecule has 0 saturated carbocycles. The van der Waals surface area contributed by atoms with E-state index in [1.807, 2.05) is 38.3 Å². The summed E-state index contributed by atoms with van der Waals surface area (Å²) in [6.45, 7) is 6.22. The van der Waals surface area contributed by atoms with Crippen molar-refractivity contribution >= 4 is 17.4 Å². The summed E-state index contributed by atoms with van der Waals surface area (Å²) in [6, 6.07) is 3.49. The fourth-order valence-corrected chi connectivity index (χ4v) is 3.06. The van der Waals surface area contributed by atoms with E-state index < -0.39 is 0 Å². The van der Waals surface area contributed by atoms with E-state index in [-0.39, 0.29) is 12.1 Å². The second-order valence-corrected chi connectivity index (χ2v) is 6.13. The Kier molecular flexibility index (Phi) is 5.92. The van der Waals surface area contributed by atoms with Crippen molar-refractivity contribution in [1.29, 1.82) is 0 Å². The molecule has 0 aromatic carbocycles. The number of aromatic nitrogens is 2. The number of rotatable bonds is 6. The zero-order valence-corrected chi connectivity index (χ0v) is 14.7. The molecule has 2 amide bonds. The molecule has 0 fully saturated rings. The maximum Gasteiger partial charge on any atom is 0.315 e. The largest absolute Gasteiger partial charge is 0.481 e. The number of carbonyl (C=O) groups excluding carboxylic acids is 1. The van der Waals surface area contributed by atoms with E-state index in [0.717, 1.165) is 28.4 Å². The van der Waals surface area contributed by atoms with Crippen LogP contribution in [0.4, 0.5) is 4.79 Å². The first-order valence-electron chi connectivity index (χ1n) is 7.50. The third kappa shape index (κ3) is 4.66. The van der Waals surface area contributed by atoms with Crippen molar-refractivity contribution in [2.24, 2.45) is 0 Å². The second kappa shape index (κ2) is 7.92. The molecule has 2 heterocycles. The van der Waals surface area contributed by atoms with Crippen molar-refractivity contribution < 1.29 is 9.53 Å². The SMILES string of the molecule is CC[C@H](NC(=O)NCc1ccc(C)nc1OC)c1nc(C)cs1. The molecule has 0 spiro atoms. The number of thiazole rings is 1. The van der Waals surface area contributed by atoms with Gasteiger partial charge in [-0.2, -0.15) is 0 Å². The van der Waals surface area contributed by atoms with Crippen LogP contribution in [0.1, 0.15) is 41.3 Å². The Morgan fingerprint density at radius 3 is 2.70 bits per heavy atom. The molecule has 124 valence electrons. The van der Waals surface area contributed by atoms with E-state index in [9.17, 15) is 4.79 Å². The third-order valence-corrected chi connectivity index (χ3v) is 4.44. The minimum atomic E-state index is -0.229. The first-order chi connectivity index (χ1) is 11.0. The number of aryl methyl sites for hydroxylation is 2. The molecule has 0 aliphatic carbocycles. The van der Waals surface area contributed by atoms with Crippen LogP contribution in [0.15, 0.2) is 17.5 Å². The smallest absolute Gasteiger partial charge is 0.315 e. The summed E-state index contributed by atoms with van der Waals surface area (Å²) in [5.41, 5.74) is 2.69. The number of ether oxygens (including phenoxy) is 1. The number of pyridine rings is 1. The predicted octanol–water partition coefficient (Wildman–Crippen LogP) is 3.11. The van der Waals surface area contributed by atoms with Gasteiger partial charge in [0.15, 0.2) is 0 Å². The zero-order chi connectivity index (χ0) is 16.8. The highest BCUT2D eigenvalue weighted by molar-refractivity contribution is 7.09. The molecule has 2 aromatic heterocycles. The van der Waals surface area contributed by atoms with Gasteiger partial charge in [-0.1, -0.05) is 13.0 Å². The Morgan fingerprint density at radius 1 is 1.30 bits per heavy atom. The van der Waals surface area contributed by atoms with Gasteiger partial charge in [-0.15, -0.1) is 11.3 Å². The van der Waals surface area contributed by atoms with Crippen molar-refractivity contribution in [2.45, 2.75) is 39.8 Å². The van der Waals surface area contributed by atoms with Gasteiger partial charge in [0.1, 0.15) is 5.01 Å². The van der Waals surface area contributed by atoms with Gasteiger partial charge in [-0.05, 0) is 26.3 Å². The van der Waals surface area contributed by atoms with Crippen molar-refractivity contribution in [1.82, 2.24) is 20.6 Å². The number of nitrogens with zero attached hydrogens (tertiary/aromatic N) is 2. The van der Waals surface area contributed by atoms with E-state index in [2.05, 4.69) is 20.6 Å². The molecule has 6 nitrogen and oxygen atoms in total. The number of methoxy groups -OCH3 is 1. The van der Waals surface area contributed by atoms with E-state index in [1.54, 1.807) is 18.4 Å². The van der Waals surface area contributed by atoms with E-state index in [4.69, 9.17) is 4.74 Å². The normalized spacial score (nSPS) is 11.8. The van der Waals surface area contributed by atoms with Crippen molar-refractivity contribution in [2.75, 3.05) is 7.11 Å². The molecule has 0 radical (unpaired) electrons. The summed E-state index contributed by atoms with van der Waals surface area (Å²) in [6.07, 6.45) is 0.787. The first-order valence-corrected chi connectivity index (χ1v) is 8.38. The Balaban J connectivity index is 1.94. The standard InChI is InChI=1S/C16H22N4O2S/c1-5-13(15-19-11(3)9-23-15)20-16(21)17-8-12-7-6-10(2)18-14(12)22-4/h6-7,9,13H,5,8H2,1-4H3,(H2,17,20,21)/t13-/m0/s1. The summed E-state index contributed by atoms with van der Waals surface area (Å²) in [4.78, 5) is 20.9. The monoisotopic (exact) mass is 334 g/mol. The van der Waals surface area contributed by atoms with Crippen LogP contribution in [0, 0.1) is 13.8 Å². The summed E-state index contributed by atoms with van der Waals surface area (Å²) in [7, 11) is 1.57. The maximum absolute atomic E-state index is 12.1. The van der Waals surface area contributed by atoms with Crippen LogP contribution in [0.3, 0.4) is 0 Å². The number of hydrogen-bond donors (Lipinski definition) is 2. The Hall–Kier alpha value is -2.15. The molecule has 2 rings (SSSR count). The summed E-state index contributed by atoms with van der Waals surface area (Å²) >= 11 is 1.56. The van der Waals surface area contributed by atoms with Crippen LogP contribution in [0.2, 0.25) is 0 Å². The van der Waals surface area contributed by atoms with Gasteiger partial charge in [0.05, 0.1) is 13.2 Å². The first kappa shape index (κ1) is 17.2. The maximum atomic E-state index is 12.1. The van der Waals surface area contributed by atoms with Crippen LogP contribution in [-0.4, -0.2) is 23.1 Å². The van der Waals surface area contributed by atoms with Crippen molar-refractivity contribution in [3.63, 3.8) is 0 Å². The molecule has 0 bridgehead atoms. The van der Waals surface area contributed by atoms with Gasteiger partial charge >= 0.3 is 6.03 Å². The molecule has 2 N–H and O–H groups in total. The van der Waals surface area contributed by atoms with Crippen LogP contribution in [0.25, 0.3) is 0 Å². The Labute approximate surface area is 140 Å². The van der Waals surface area contributed by atoms with Crippen molar-refractivity contribution in [3.8, 4) is 5.88 Å². The molecule has 0 saturated heterocycles. The molecule has 0 aliphatic heterocycles. The average molecular weight is 334 g/mol. The van der Waals surface area contributed by atoms with Gasteiger partial charge in [0.2, 0.25) is 5.88 Å². The number of nitrogens with one attached hydrogen (secondary N) is 2. The summed E-state index contributed by atoms with van der Waals surface area (Å²) in [5.74, 6) is 0.535. The predicted molar refractivity (Wildman–Crippen MR) is 90.8 cm³/mol. The zero-order valence-electron chi connectivity index (χ0n) is 13.8. The average Bonchev–Trinajstić information content (AvgIpc) is 2.97.